The summed E-state index contributed by atoms with van der Waals surface area (Å²) in [5, 5.41) is 0. The first-order chi connectivity index (χ1) is 9.91. The molecule has 0 amide bonds. The Morgan fingerprint density at radius 1 is 1.10 bits per heavy atom. The first-order valence-electron chi connectivity index (χ1n) is 6.41. The highest BCUT2D eigenvalue weighted by molar-refractivity contribution is 7.90. The van der Waals surface area contributed by atoms with Gasteiger partial charge in [-0.15, -0.1) is 0 Å². The number of aldehydes is 1. The normalized spacial score (nSPS) is 12.9. The van der Waals surface area contributed by atoms with Crippen molar-refractivity contribution in [1.82, 2.24) is 0 Å². The summed E-state index contributed by atoms with van der Waals surface area (Å²) in [4.78, 5) is 11.1. The van der Waals surface area contributed by atoms with E-state index in [9.17, 15) is 17.6 Å². The van der Waals surface area contributed by atoms with Crippen LogP contribution >= 0.6 is 0 Å². The van der Waals surface area contributed by atoms with Crippen LogP contribution in [0.5, 0.6) is 0 Å². The Morgan fingerprint density at radius 3 is 2.29 bits per heavy atom. The number of carbonyl (C=O) groups excluding carboxylic acids is 1. The summed E-state index contributed by atoms with van der Waals surface area (Å²) >= 11 is 0. The molecule has 0 aliphatic heterocycles. The molecule has 0 saturated carbocycles. The molecule has 0 bridgehead atoms. The first-order valence-corrected chi connectivity index (χ1v) is 8.30. The van der Waals surface area contributed by atoms with Crippen molar-refractivity contribution in [1.29, 1.82) is 0 Å². The lowest BCUT2D eigenvalue weighted by atomic mass is 9.89. The Morgan fingerprint density at radius 2 is 1.76 bits per heavy atom. The molecule has 110 valence electrons. The Labute approximate surface area is 123 Å². The fourth-order valence-corrected chi connectivity index (χ4v) is 2.86. The molecule has 2 aromatic carbocycles. The Kier molecular flexibility index (Phi) is 4.53. The van der Waals surface area contributed by atoms with Gasteiger partial charge in [-0.05, 0) is 35.4 Å². The van der Waals surface area contributed by atoms with E-state index < -0.39 is 9.84 Å². The summed E-state index contributed by atoms with van der Waals surface area (Å²) in [6, 6.07) is 12.4. The molecule has 0 heterocycles. The molecule has 0 N–H and O–H groups in total. The minimum absolute atomic E-state index is 0.210. The van der Waals surface area contributed by atoms with Crippen LogP contribution in [0, 0.1) is 5.82 Å². The molecular weight excluding hydrogens is 291 g/mol. The zero-order valence-electron chi connectivity index (χ0n) is 11.5. The molecule has 0 radical (unpaired) electrons. The fourth-order valence-electron chi connectivity index (χ4n) is 2.23. The average Bonchev–Trinajstić information content (AvgIpc) is 2.44. The third-order valence-corrected chi connectivity index (χ3v) is 4.42. The van der Waals surface area contributed by atoms with E-state index >= 15 is 0 Å². The van der Waals surface area contributed by atoms with Gasteiger partial charge in [-0.3, -0.25) is 0 Å². The van der Waals surface area contributed by atoms with Crippen molar-refractivity contribution in [3.05, 3.63) is 65.5 Å². The van der Waals surface area contributed by atoms with Crippen LogP contribution in [0.1, 0.15) is 23.5 Å². The van der Waals surface area contributed by atoms with Gasteiger partial charge < -0.3 is 4.79 Å². The average molecular weight is 306 g/mol. The van der Waals surface area contributed by atoms with E-state index in [0.29, 0.717) is 5.56 Å². The molecule has 0 spiro atoms. The topological polar surface area (TPSA) is 51.2 Å². The largest absolute Gasteiger partial charge is 0.303 e. The van der Waals surface area contributed by atoms with Crippen LogP contribution in [0.15, 0.2) is 53.4 Å². The standard InChI is InChI=1S/C16H15FO3S/c1-21(19,20)15-7-5-12(6-8-15)16(9-10-18)13-3-2-4-14(17)11-13/h2-8,10-11,16H,9H2,1H3/t16-/m1/s1. The Bertz CT molecular complexity index is 736. The highest BCUT2D eigenvalue weighted by atomic mass is 32.2. The molecule has 0 fully saturated rings. The molecule has 2 aromatic rings. The second kappa shape index (κ2) is 6.18. The van der Waals surface area contributed by atoms with E-state index in [2.05, 4.69) is 0 Å². The number of carbonyl (C=O) groups is 1. The van der Waals surface area contributed by atoms with Crippen LogP contribution in [0.2, 0.25) is 0 Å². The van der Waals surface area contributed by atoms with Gasteiger partial charge in [0.2, 0.25) is 0 Å². The minimum atomic E-state index is -3.26. The van der Waals surface area contributed by atoms with Crippen molar-refractivity contribution < 1.29 is 17.6 Å². The van der Waals surface area contributed by atoms with Crippen LogP contribution in [-0.2, 0) is 14.6 Å². The monoisotopic (exact) mass is 306 g/mol. The Hall–Kier alpha value is -2.01. The van der Waals surface area contributed by atoms with Gasteiger partial charge in [-0.25, -0.2) is 12.8 Å². The number of benzene rings is 2. The van der Waals surface area contributed by atoms with E-state index in [4.69, 9.17) is 0 Å². The van der Waals surface area contributed by atoms with Gasteiger partial charge in [0, 0.05) is 18.6 Å². The third kappa shape index (κ3) is 3.76. The maximum absolute atomic E-state index is 13.3. The zero-order valence-corrected chi connectivity index (χ0v) is 12.3. The van der Waals surface area contributed by atoms with Crippen molar-refractivity contribution in [2.75, 3.05) is 6.26 Å². The summed E-state index contributed by atoms with van der Waals surface area (Å²) in [5.74, 6) is -0.650. The summed E-state index contributed by atoms with van der Waals surface area (Å²) in [6.45, 7) is 0. The quantitative estimate of drug-likeness (QED) is 0.798. The van der Waals surface area contributed by atoms with E-state index in [1.165, 1.54) is 24.3 Å². The van der Waals surface area contributed by atoms with Crippen molar-refractivity contribution in [2.24, 2.45) is 0 Å². The zero-order chi connectivity index (χ0) is 15.5. The van der Waals surface area contributed by atoms with Gasteiger partial charge in [0.05, 0.1) is 4.90 Å². The molecule has 0 unspecified atom stereocenters. The maximum atomic E-state index is 13.3. The van der Waals surface area contributed by atoms with E-state index in [1.54, 1.807) is 24.3 Å². The van der Waals surface area contributed by atoms with Crippen LogP contribution in [0.25, 0.3) is 0 Å². The van der Waals surface area contributed by atoms with E-state index in [0.717, 1.165) is 18.1 Å². The SMILES string of the molecule is CS(=O)(=O)c1ccc([C@@H](CC=O)c2cccc(F)c2)cc1. The Balaban J connectivity index is 2.41. The highest BCUT2D eigenvalue weighted by Crippen LogP contribution is 2.28. The molecule has 21 heavy (non-hydrogen) atoms. The fraction of sp³-hybridized carbons (Fsp3) is 0.188. The predicted molar refractivity (Wildman–Crippen MR) is 78.5 cm³/mol. The van der Waals surface area contributed by atoms with E-state index in [-0.39, 0.29) is 23.1 Å². The molecule has 1 atom stereocenters. The van der Waals surface area contributed by atoms with Gasteiger partial charge in [-0.1, -0.05) is 24.3 Å². The second-order valence-corrected chi connectivity index (χ2v) is 6.87. The predicted octanol–water partition coefficient (Wildman–Crippen LogP) is 2.95. The van der Waals surface area contributed by atoms with Gasteiger partial charge >= 0.3 is 0 Å². The third-order valence-electron chi connectivity index (χ3n) is 3.29. The van der Waals surface area contributed by atoms with Gasteiger partial charge in [-0.2, -0.15) is 0 Å². The molecule has 0 aromatic heterocycles. The second-order valence-electron chi connectivity index (χ2n) is 4.85. The molecule has 3 nitrogen and oxygen atoms in total. The van der Waals surface area contributed by atoms with E-state index in [1.807, 2.05) is 0 Å². The first kappa shape index (κ1) is 15.4. The van der Waals surface area contributed by atoms with Crippen LogP contribution in [-0.4, -0.2) is 21.0 Å². The van der Waals surface area contributed by atoms with Crippen LogP contribution in [0.4, 0.5) is 4.39 Å². The smallest absolute Gasteiger partial charge is 0.175 e. The summed E-state index contributed by atoms with van der Waals surface area (Å²) < 4.78 is 36.2. The number of hydrogen-bond acceptors (Lipinski definition) is 3. The van der Waals surface area contributed by atoms with Gasteiger partial charge in [0.1, 0.15) is 12.1 Å². The number of halogens is 1. The lowest BCUT2D eigenvalue weighted by Gasteiger charge is -2.15. The lowest BCUT2D eigenvalue weighted by Crippen LogP contribution is -2.04. The lowest BCUT2D eigenvalue weighted by molar-refractivity contribution is -0.108. The molecule has 2 rings (SSSR count). The van der Waals surface area contributed by atoms with Gasteiger partial charge in [0.25, 0.3) is 0 Å². The molecule has 0 aliphatic carbocycles. The molecule has 5 heteroatoms. The maximum Gasteiger partial charge on any atom is 0.175 e. The summed E-state index contributed by atoms with van der Waals surface area (Å²) in [5.41, 5.74) is 1.47. The molecule has 0 saturated heterocycles. The van der Waals surface area contributed by atoms with Gasteiger partial charge in [0.15, 0.2) is 9.84 Å². The summed E-state index contributed by atoms with van der Waals surface area (Å²) in [7, 11) is -3.26. The number of rotatable bonds is 5. The molecule has 0 aliphatic rings. The van der Waals surface area contributed by atoms with Crippen molar-refractivity contribution >= 4 is 16.1 Å². The van der Waals surface area contributed by atoms with Crippen LogP contribution < -0.4 is 0 Å². The number of hydrogen-bond donors (Lipinski definition) is 0. The van der Waals surface area contributed by atoms with Crippen LogP contribution in [0.3, 0.4) is 0 Å². The molecular formula is C16H15FO3S. The van der Waals surface area contributed by atoms with Crippen molar-refractivity contribution in [3.8, 4) is 0 Å². The summed E-state index contributed by atoms with van der Waals surface area (Å²) in [6.07, 6.45) is 2.12. The highest BCUT2D eigenvalue weighted by Gasteiger charge is 2.15. The van der Waals surface area contributed by atoms with Crippen molar-refractivity contribution in [2.45, 2.75) is 17.2 Å². The van der Waals surface area contributed by atoms with Crippen molar-refractivity contribution in [3.63, 3.8) is 0 Å². The minimum Gasteiger partial charge on any atom is -0.303 e. The number of sulfone groups is 1.